The fraction of sp³-hybridized carbons (Fsp3) is 0.692. The van der Waals surface area contributed by atoms with Gasteiger partial charge in [0.2, 0.25) is 0 Å². The van der Waals surface area contributed by atoms with Gasteiger partial charge in [-0.1, -0.05) is 0 Å². The lowest BCUT2D eigenvalue weighted by atomic mass is 10.2. The zero-order chi connectivity index (χ0) is 13.9. The number of hydrogen-bond donors (Lipinski definition) is 0. The van der Waals surface area contributed by atoms with Crippen LogP contribution in [0.15, 0.2) is 17.1 Å². The first-order valence-electron chi connectivity index (χ1n) is 6.43. The molecule has 0 aliphatic carbocycles. The minimum atomic E-state index is -0.476. The summed E-state index contributed by atoms with van der Waals surface area (Å²) in [6.07, 6.45) is 3.23. The molecule has 0 N–H and O–H groups in total. The van der Waals surface area contributed by atoms with E-state index in [-0.39, 0.29) is 12.2 Å². The third-order valence-electron chi connectivity index (χ3n) is 2.77. The maximum atomic E-state index is 12.0. The molecule has 0 radical (unpaired) electrons. The maximum absolute atomic E-state index is 12.0. The Hall–Kier alpha value is -1.56. The topological polar surface area (TPSA) is 64.8 Å². The van der Waals surface area contributed by atoms with E-state index in [0.717, 1.165) is 5.69 Å². The third-order valence-corrected chi connectivity index (χ3v) is 2.77. The van der Waals surface area contributed by atoms with E-state index in [1.54, 1.807) is 11.2 Å². The van der Waals surface area contributed by atoms with Gasteiger partial charge < -0.3 is 18.8 Å². The second kappa shape index (κ2) is 5.61. The summed E-state index contributed by atoms with van der Waals surface area (Å²) >= 11 is 0. The van der Waals surface area contributed by atoms with Crippen LogP contribution in [-0.4, -0.2) is 41.3 Å². The third kappa shape index (κ3) is 3.96. The number of carbonyl (C=O) groups is 1. The fourth-order valence-corrected chi connectivity index (χ4v) is 1.90. The van der Waals surface area contributed by atoms with E-state index in [2.05, 4.69) is 4.98 Å². The molecule has 1 aliphatic rings. The molecule has 106 valence electrons. The molecule has 0 spiro atoms. The van der Waals surface area contributed by atoms with E-state index in [1.165, 1.54) is 6.39 Å². The van der Waals surface area contributed by atoms with Gasteiger partial charge in [0, 0.05) is 13.1 Å². The molecule has 0 aromatic carbocycles. The summed E-state index contributed by atoms with van der Waals surface area (Å²) < 4.78 is 16.0. The van der Waals surface area contributed by atoms with Crippen LogP contribution in [0.2, 0.25) is 0 Å². The molecule has 1 saturated heterocycles. The number of nitrogens with zero attached hydrogens (tertiary/aromatic N) is 2. The molecule has 0 bridgehead atoms. The molecule has 6 nitrogen and oxygen atoms in total. The summed E-state index contributed by atoms with van der Waals surface area (Å²) in [5.74, 6) is 0. The van der Waals surface area contributed by atoms with Crippen molar-refractivity contribution in [2.45, 2.75) is 38.9 Å². The highest BCUT2D eigenvalue weighted by Crippen LogP contribution is 2.23. The maximum Gasteiger partial charge on any atom is 0.410 e. The first-order valence-corrected chi connectivity index (χ1v) is 6.43. The molecule has 2 rings (SSSR count). The monoisotopic (exact) mass is 268 g/mol. The van der Waals surface area contributed by atoms with Gasteiger partial charge in [-0.15, -0.1) is 0 Å². The van der Waals surface area contributed by atoms with E-state index in [0.29, 0.717) is 26.1 Å². The van der Waals surface area contributed by atoms with E-state index >= 15 is 0 Å². The zero-order valence-corrected chi connectivity index (χ0v) is 11.6. The van der Waals surface area contributed by atoms with Crippen LogP contribution in [-0.2, 0) is 9.47 Å². The highest BCUT2D eigenvalue weighted by molar-refractivity contribution is 5.68. The summed E-state index contributed by atoms with van der Waals surface area (Å²) in [7, 11) is 0. The van der Waals surface area contributed by atoms with Crippen molar-refractivity contribution < 1.29 is 18.7 Å². The van der Waals surface area contributed by atoms with Gasteiger partial charge in [0.1, 0.15) is 23.7 Å². The van der Waals surface area contributed by atoms with Gasteiger partial charge in [0.05, 0.1) is 6.61 Å². The lowest BCUT2D eigenvalue weighted by Crippen LogP contribution is -2.38. The van der Waals surface area contributed by atoms with E-state index in [1.807, 2.05) is 20.8 Å². The van der Waals surface area contributed by atoms with Crippen molar-refractivity contribution in [2.24, 2.45) is 0 Å². The molecule has 6 heteroatoms. The first-order chi connectivity index (χ1) is 8.96. The summed E-state index contributed by atoms with van der Waals surface area (Å²) in [6, 6.07) is 0. The van der Waals surface area contributed by atoms with Crippen molar-refractivity contribution in [3.05, 3.63) is 18.4 Å². The Labute approximate surface area is 112 Å². The molecule has 1 amide bonds. The smallest absolute Gasteiger partial charge is 0.410 e. The van der Waals surface area contributed by atoms with Gasteiger partial charge in [0.25, 0.3) is 0 Å². The minimum Gasteiger partial charge on any atom is -0.451 e. The second-order valence-corrected chi connectivity index (χ2v) is 5.53. The first kappa shape index (κ1) is 13.9. The van der Waals surface area contributed by atoms with Crippen molar-refractivity contribution in [1.82, 2.24) is 9.88 Å². The minimum absolute atomic E-state index is 0.119. The van der Waals surface area contributed by atoms with Gasteiger partial charge >= 0.3 is 6.09 Å². The average molecular weight is 268 g/mol. The molecule has 1 aromatic rings. The van der Waals surface area contributed by atoms with Crippen LogP contribution in [0.5, 0.6) is 0 Å². The molecule has 2 heterocycles. The number of amides is 1. The van der Waals surface area contributed by atoms with Crippen LogP contribution < -0.4 is 0 Å². The van der Waals surface area contributed by atoms with Crippen LogP contribution in [0.25, 0.3) is 0 Å². The Morgan fingerprint density at radius 1 is 1.47 bits per heavy atom. The zero-order valence-electron chi connectivity index (χ0n) is 11.6. The number of hydrogen-bond acceptors (Lipinski definition) is 5. The van der Waals surface area contributed by atoms with Gasteiger partial charge in [-0.2, -0.15) is 0 Å². The number of oxazole rings is 1. The highest BCUT2D eigenvalue weighted by atomic mass is 16.6. The second-order valence-electron chi connectivity index (χ2n) is 5.53. The molecule has 1 aliphatic heterocycles. The van der Waals surface area contributed by atoms with E-state index < -0.39 is 5.60 Å². The lowest BCUT2D eigenvalue weighted by molar-refractivity contribution is 0.0229. The standard InChI is InChI=1S/C13H20N2O4/c1-13(2,3)19-12(16)15-5-4-11(18-7-6-15)10-8-17-9-14-10/h8-9,11H,4-7H2,1-3H3/t11-/m1/s1. The molecule has 1 fully saturated rings. The summed E-state index contributed by atoms with van der Waals surface area (Å²) in [4.78, 5) is 17.7. The molecule has 1 aromatic heterocycles. The van der Waals surface area contributed by atoms with Crippen LogP contribution in [0.3, 0.4) is 0 Å². The van der Waals surface area contributed by atoms with Crippen molar-refractivity contribution in [1.29, 1.82) is 0 Å². The van der Waals surface area contributed by atoms with Crippen LogP contribution >= 0.6 is 0 Å². The van der Waals surface area contributed by atoms with Crippen molar-refractivity contribution in [3.8, 4) is 0 Å². The van der Waals surface area contributed by atoms with E-state index in [4.69, 9.17) is 13.9 Å². The van der Waals surface area contributed by atoms with Gasteiger partial charge in [0.15, 0.2) is 6.39 Å². The normalized spacial score (nSPS) is 21.0. The predicted octanol–water partition coefficient (Wildman–Crippen LogP) is 2.37. The Balaban J connectivity index is 1.91. The van der Waals surface area contributed by atoms with Crippen LogP contribution in [0.4, 0.5) is 4.79 Å². The number of rotatable bonds is 1. The molecular formula is C13H20N2O4. The molecular weight excluding hydrogens is 248 g/mol. The average Bonchev–Trinajstić information content (AvgIpc) is 2.71. The fourth-order valence-electron chi connectivity index (χ4n) is 1.90. The number of aromatic nitrogens is 1. The summed E-state index contributed by atoms with van der Waals surface area (Å²) in [6.45, 7) is 7.17. The van der Waals surface area contributed by atoms with E-state index in [9.17, 15) is 4.79 Å². The Kier molecular flexibility index (Phi) is 4.09. The van der Waals surface area contributed by atoms with Gasteiger partial charge in [-0.25, -0.2) is 9.78 Å². The van der Waals surface area contributed by atoms with Crippen molar-refractivity contribution >= 4 is 6.09 Å². The Morgan fingerprint density at radius 2 is 2.26 bits per heavy atom. The molecule has 1 atom stereocenters. The van der Waals surface area contributed by atoms with Crippen molar-refractivity contribution in [3.63, 3.8) is 0 Å². The summed E-state index contributed by atoms with van der Waals surface area (Å²) in [5, 5.41) is 0. The predicted molar refractivity (Wildman–Crippen MR) is 67.6 cm³/mol. The summed E-state index contributed by atoms with van der Waals surface area (Å²) in [5.41, 5.74) is 0.293. The number of ether oxygens (including phenoxy) is 2. The van der Waals surface area contributed by atoms with Gasteiger partial charge in [-0.3, -0.25) is 0 Å². The molecule has 0 saturated carbocycles. The van der Waals surface area contributed by atoms with Gasteiger partial charge in [-0.05, 0) is 27.2 Å². The Morgan fingerprint density at radius 3 is 2.89 bits per heavy atom. The van der Waals surface area contributed by atoms with Crippen molar-refractivity contribution in [2.75, 3.05) is 19.7 Å². The molecule has 19 heavy (non-hydrogen) atoms. The van der Waals surface area contributed by atoms with Crippen LogP contribution in [0, 0.1) is 0 Å². The Bertz CT molecular complexity index is 411. The SMILES string of the molecule is CC(C)(C)OC(=O)N1CCO[C@@H](c2cocn2)CC1. The van der Waals surface area contributed by atoms with Crippen LogP contribution in [0.1, 0.15) is 39.0 Å². The largest absolute Gasteiger partial charge is 0.451 e. The molecule has 0 unspecified atom stereocenters. The quantitative estimate of drug-likeness (QED) is 0.782. The number of carbonyl (C=O) groups excluding carboxylic acids is 1. The highest BCUT2D eigenvalue weighted by Gasteiger charge is 2.26. The lowest BCUT2D eigenvalue weighted by Gasteiger charge is -2.25.